The first kappa shape index (κ1) is 24.1. The van der Waals surface area contributed by atoms with Crippen molar-refractivity contribution in [2.45, 2.75) is 19.4 Å². The molecule has 1 aliphatic carbocycles. The third kappa shape index (κ3) is 6.32. The molecule has 2 aromatic carbocycles. The quantitative estimate of drug-likeness (QED) is 0.360. The Labute approximate surface area is 204 Å². The Hall–Kier alpha value is -4.00. The summed E-state index contributed by atoms with van der Waals surface area (Å²) in [5, 5.41) is 19.0. The Morgan fingerprint density at radius 2 is 2.03 bits per heavy atom. The normalized spacial score (nSPS) is 12.6. The van der Waals surface area contributed by atoms with Crippen LogP contribution < -0.4 is 20.7 Å². The molecule has 1 aliphatic rings. The molecule has 0 spiro atoms. The highest BCUT2D eigenvalue weighted by Crippen LogP contribution is 2.32. The Morgan fingerprint density at radius 1 is 1.17 bits per heavy atom. The highest BCUT2D eigenvalue weighted by atomic mass is 16.5. The molecule has 9 heteroatoms. The number of benzene rings is 2. The van der Waals surface area contributed by atoms with Crippen molar-refractivity contribution < 1.29 is 14.3 Å². The molecule has 180 valence electrons. The van der Waals surface area contributed by atoms with Crippen LogP contribution >= 0.6 is 0 Å². The zero-order valence-corrected chi connectivity index (χ0v) is 19.8. The van der Waals surface area contributed by atoms with E-state index in [1.807, 2.05) is 24.3 Å². The largest absolute Gasteiger partial charge is 0.496 e. The molecule has 0 atom stereocenters. The van der Waals surface area contributed by atoms with Gasteiger partial charge in [0.2, 0.25) is 11.9 Å². The van der Waals surface area contributed by atoms with Gasteiger partial charge in [-0.15, -0.1) is 0 Å². The van der Waals surface area contributed by atoms with Gasteiger partial charge >= 0.3 is 0 Å². The minimum absolute atomic E-state index is 0.0324. The van der Waals surface area contributed by atoms with Crippen molar-refractivity contribution in [2.75, 3.05) is 38.0 Å². The summed E-state index contributed by atoms with van der Waals surface area (Å²) < 4.78 is 10.6. The van der Waals surface area contributed by atoms with Crippen LogP contribution in [0.1, 0.15) is 24.0 Å². The van der Waals surface area contributed by atoms with Gasteiger partial charge in [0.1, 0.15) is 11.8 Å². The highest BCUT2D eigenvalue weighted by Gasteiger charge is 2.30. The maximum Gasteiger partial charge on any atom is 0.227 e. The molecule has 3 N–H and O–H groups in total. The second kappa shape index (κ2) is 11.4. The van der Waals surface area contributed by atoms with Crippen molar-refractivity contribution in [1.82, 2.24) is 15.3 Å². The lowest BCUT2D eigenvalue weighted by Gasteiger charge is -2.13. The summed E-state index contributed by atoms with van der Waals surface area (Å²) in [4.78, 5) is 21.0. The minimum atomic E-state index is -0.0324. The summed E-state index contributed by atoms with van der Waals surface area (Å²) in [6, 6.07) is 15.1. The van der Waals surface area contributed by atoms with Crippen LogP contribution in [0, 0.1) is 17.2 Å². The monoisotopic (exact) mass is 472 g/mol. The Bertz CT molecular complexity index is 1240. The Balaban J connectivity index is 1.48. The number of nitrogens with one attached hydrogen (secondary N) is 3. The van der Waals surface area contributed by atoms with E-state index in [0.29, 0.717) is 36.0 Å². The maximum absolute atomic E-state index is 12.1. The molecule has 0 radical (unpaired) electrons. The van der Waals surface area contributed by atoms with Gasteiger partial charge in [0, 0.05) is 55.2 Å². The maximum atomic E-state index is 12.1. The van der Waals surface area contributed by atoms with E-state index < -0.39 is 0 Å². The lowest BCUT2D eigenvalue weighted by Crippen LogP contribution is -2.18. The number of amides is 1. The van der Waals surface area contributed by atoms with E-state index in [2.05, 4.69) is 32.0 Å². The number of ether oxygens (including phenoxy) is 2. The molecule has 0 bridgehead atoms. The first-order valence-corrected chi connectivity index (χ1v) is 11.4. The van der Waals surface area contributed by atoms with Gasteiger partial charge in [0.15, 0.2) is 0 Å². The van der Waals surface area contributed by atoms with Crippen molar-refractivity contribution in [2.24, 2.45) is 5.92 Å². The van der Waals surface area contributed by atoms with E-state index in [9.17, 15) is 10.1 Å². The van der Waals surface area contributed by atoms with Gasteiger partial charge in [0.05, 0.1) is 30.7 Å². The zero-order chi connectivity index (χ0) is 24.6. The fourth-order valence-electron chi connectivity index (χ4n) is 3.56. The Morgan fingerprint density at radius 3 is 2.77 bits per heavy atom. The predicted molar refractivity (Wildman–Crippen MR) is 133 cm³/mol. The van der Waals surface area contributed by atoms with E-state index in [-0.39, 0.29) is 11.8 Å². The second-order valence-electron chi connectivity index (χ2n) is 8.22. The topological polar surface area (TPSA) is 121 Å². The number of methoxy groups -OCH3 is 2. The van der Waals surface area contributed by atoms with Crippen molar-refractivity contribution in [3.8, 4) is 23.1 Å². The minimum Gasteiger partial charge on any atom is -0.496 e. The number of carbonyl (C=O) groups is 1. The van der Waals surface area contributed by atoms with Gasteiger partial charge < -0.3 is 25.4 Å². The van der Waals surface area contributed by atoms with Gasteiger partial charge in [-0.2, -0.15) is 5.26 Å². The van der Waals surface area contributed by atoms with Crippen molar-refractivity contribution in [3.63, 3.8) is 0 Å². The summed E-state index contributed by atoms with van der Waals surface area (Å²) >= 11 is 0. The van der Waals surface area contributed by atoms with Crippen LogP contribution in [-0.4, -0.2) is 43.2 Å². The highest BCUT2D eigenvalue weighted by molar-refractivity contribution is 5.95. The molecule has 0 aliphatic heterocycles. The molecule has 9 nitrogen and oxygen atoms in total. The fraction of sp³-hybridized carbons (Fsp3) is 0.308. The lowest BCUT2D eigenvalue weighted by molar-refractivity contribution is -0.117. The molecule has 1 heterocycles. The standard InChI is InChI=1S/C26H28N6O3/c1-34-12-11-28-16-19-5-7-21(14-24(19)35-2)30-26-29-10-9-23(32-26)18-6-8-22(20(13-18)15-27)31-25(33)17-3-4-17/h5-10,13-14,17,28H,3-4,11-12,16H2,1-2H3,(H,31,33)(H,29,30,32). The van der Waals surface area contributed by atoms with E-state index >= 15 is 0 Å². The zero-order valence-electron chi connectivity index (χ0n) is 19.8. The fourth-order valence-corrected chi connectivity index (χ4v) is 3.56. The van der Waals surface area contributed by atoms with Gasteiger partial charge in [0.25, 0.3) is 0 Å². The summed E-state index contributed by atoms with van der Waals surface area (Å²) in [7, 11) is 3.31. The van der Waals surface area contributed by atoms with Crippen LogP contribution in [-0.2, 0) is 16.1 Å². The number of carbonyl (C=O) groups excluding carboxylic acids is 1. The van der Waals surface area contributed by atoms with E-state index in [4.69, 9.17) is 9.47 Å². The number of hydrogen-bond acceptors (Lipinski definition) is 8. The first-order chi connectivity index (χ1) is 17.1. The number of nitriles is 1. The van der Waals surface area contributed by atoms with Crippen LogP contribution in [0.2, 0.25) is 0 Å². The van der Waals surface area contributed by atoms with Crippen molar-refractivity contribution >= 4 is 23.2 Å². The van der Waals surface area contributed by atoms with Gasteiger partial charge in [-0.25, -0.2) is 9.97 Å². The van der Waals surface area contributed by atoms with Crippen molar-refractivity contribution in [3.05, 3.63) is 59.8 Å². The molecule has 1 fully saturated rings. The second-order valence-corrected chi connectivity index (χ2v) is 8.22. The molecule has 1 amide bonds. The van der Waals surface area contributed by atoms with Gasteiger partial charge in [-0.1, -0.05) is 12.1 Å². The van der Waals surface area contributed by atoms with Crippen LogP contribution in [0.25, 0.3) is 11.3 Å². The third-order valence-corrected chi connectivity index (χ3v) is 5.64. The third-order valence-electron chi connectivity index (χ3n) is 5.64. The number of nitrogens with zero attached hydrogens (tertiary/aromatic N) is 3. The molecular formula is C26H28N6O3. The van der Waals surface area contributed by atoms with Gasteiger partial charge in [-0.05, 0) is 37.1 Å². The van der Waals surface area contributed by atoms with E-state index in [1.165, 1.54) is 0 Å². The Kier molecular flexibility index (Phi) is 7.88. The van der Waals surface area contributed by atoms with Crippen LogP contribution in [0.5, 0.6) is 5.75 Å². The molecule has 1 saturated carbocycles. The molecule has 4 rings (SSSR count). The average molecular weight is 473 g/mol. The van der Waals surface area contributed by atoms with Crippen molar-refractivity contribution in [1.29, 1.82) is 5.26 Å². The predicted octanol–water partition coefficient (Wildman–Crippen LogP) is 3.85. The van der Waals surface area contributed by atoms with Crippen LogP contribution in [0.15, 0.2) is 48.7 Å². The summed E-state index contributed by atoms with van der Waals surface area (Å²) in [5.74, 6) is 1.20. The molecule has 0 saturated heterocycles. The number of aromatic nitrogens is 2. The summed E-state index contributed by atoms with van der Waals surface area (Å²) in [6.45, 7) is 2.06. The lowest BCUT2D eigenvalue weighted by atomic mass is 10.1. The van der Waals surface area contributed by atoms with E-state index in [1.54, 1.807) is 38.6 Å². The first-order valence-electron chi connectivity index (χ1n) is 11.4. The average Bonchev–Trinajstić information content (AvgIpc) is 3.73. The number of rotatable bonds is 11. The molecule has 1 aromatic heterocycles. The summed E-state index contributed by atoms with van der Waals surface area (Å²) in [6.07, 6.45) is 3.47. The molecular weight excluding hydrogens is 444 g/mol. The molecule has 0 unspecified atom stereocenters. The number of anilines is 3. The molecule has 3 aromatic rings. The van der Waals surface area contributed by atoms with Crippen LogP contribution in [0.3, 0.4) is 0 Å². The SMILES string of the molecule is COCCNCc1ccc(Nc2nccc(-c3ccc(NC(=O)C4CC4)c(C#N)c3)n2)cc1OC. The van der Waals surface area contributed by atoms with Crippen LogP contribution in [0.4, 0.5) is 17.3 Å². The smallest absolute Gasteiger partial charge is 0.227 e. The molecule has 35 heavy (non-hydrogen) atoms. The van der Waals surface area contributed by atoms with Gasteiger partial charge in [-0.3, -0.25) is 4.79 Å². The number of hydrogen-bond donors (Lipinski definition) is 3. The van der Waals surface area contributed by atoms with E-state index in [0.717, 1.165) is 42.0 Å². The summed E-state index contributed by atoms with van der Waals surface area (Å²) in [5.41, 5.74) is 4.14.